The second kappa shape index (κ2) is 5.54. The Morgan fingerprint density at radius 1 is 1.33 bits per heavy atom. The summed E-state index contributed by atoms with van der Waals surface area (Å²) < 4.78 is 1.17. The maximum Gasteiger partial charge on any atom is 0.0418 e. The fourth-order valence-corrected chi connectivity index (χ4v) is 3.45. The van der Waals surface area contributed by atoms with Gasteiger partial charge in [0.25, 0.3) is 0 Å². The number of anilines is 1. The van der Waals surface area contributed by atoms with Crippen LogP contribution in [0.5, 0.6) is 0 Å². The Bertz CT molecular complexity index is 423. The second-order valence-electron chi connectivity index (χ2n) is 6.20. The van der Waals surface area contributed by atoms with Gasteiger partial charge in [-0.2, -0.15) is 0 Å². The minimum atomic E-state index is 0.412. The van der Waals surface area contributed by atoms with E-state index >= 15 is 0 Å². The third-order valence-electron chi connectivity index (χ3n) is 3.94. The van der Waals surface area contributed by atoms with Gasteiger partial charge in [-0.3, -0.25) is 0 Å². The van der Waals surface area contributed by atoms with E-state index in [2.05, 4.69) is 75.7 Å². The van der Waals surface area contributed by atoms with Gasteiger partial charge in [-0.15, -0.1) is 0 Å². The summed E-state index contributed by atoms with van der Waals surface area (Å²) >= 11 is 7.18. The molecule has 1 aliphatic rings. The van der Waals surface area contributed by atoms with E-state index in [4.69, 9.17) is 0 Å². The maximum absolute atomic E-state index is 3.59. The first kappa shape index (κ1) is 14.4. The SMILES string of the molecule is CC(C)(C)C1CCN(c2cc(Br)ccc2CBr)C1. The zero-order valence-electron chi connectivity index (χ0n) is 11.3. The molecule has 0 saturated carbocycles. The molecule has 2 rings (SSSR count). The Morgan fingerprint density at radius 3 is 2.61 bits per heavy atom. The molecule has 0 radical (unpaired) electrons. The van der Waals surface area contributed by atoms with E-state index in [-0.39, 0.29) is 0 Å². The first-order valence-corrected chi connectivity index (χ1v) is 8.42. The highest BCUT2D eigenvalue weighted by Crippen LogP contribution is 2.37. The van der Waals surface area contributed by atoms with E-state index in [1.54, 1.807) is 0 Å². The Balaban J connectivity index is 2.21. The van der Waals surface area contributed by atoms with Crippen molar-refractivity contribution in [3.63, 3.8) is 0 Å². The van der Waals surface area contributed by atoms with Crippen molar-refractivity contribution in [3.8, 4) is 0 Å². The molecule has 0 aromatic heterocycles. The van der Waals surface area contributed by atoms with Crippen molar-refractivity contribution in [2.45, 2.75) is 32.5 Å². The highest BCUT2D eigenvalue weighted by Gasteiger charge is 2.32. The largest absolute Gasteiger partial charge is 0.371 e. The number of rotatable bonds is 2. The molecule has 1 aromatic rings. The zero-order valence-corrected chi connectivity index (χ0v) is 14.5. The lowest BCUT2D eigenvalue weighted by molar-refractivity contribution is 0.263. The van der Waals surface area contributed by atoms with Crippen molar-refractivity contribution in [3.05, 3.63) is 28.2 Å². The van der Waals surface area contributed by atoms with E-state index in [0.717, 1.165) is 11.2 Å². The van der Waals surface area contributed by atoms with Crippen molar-refractivity contribution < 1.29 is 0 Å². The summed E-state index contributed by atoms with van der Waals surface area (Å²) in [7, 11) is 0. The molecule has 1 unspecified atom stereocenters. The lowest BCUT2D eigenvalue weighted by Crippen LogP contribution is -2.26. The van der Waals surface area contributed by atoms with Gasteiger partial charge in [-0.25, -0.2) is 0 Å². The van der Waals surface area contributed by atoms with E-state index in [0.29, 0.717) is 5.41 Å². The zero-order chi connectivity index (χ0) is 13.3. The molecule has 18 heavy (non-hydrogen) atoms. The molecule has 0 bridgehead atoms. The van der Waals surface area contributed by atoms with E-state index in [1.807, 2.05) is 0 Å². The fourth-order valence-electron chi connectivity index (χ4n) is 2.63. The molecule has 3 heteroatoms. The molecule has 1 fully saturated rings. The fraction of sp³-hybridized carbons (Fsp3) is 0.600. The number of benzene rings is 1. The van der Waals surface area contributed by atoms with Crippen molar-refractivity contribution in [1.82, 2.24) is 0 Å². The Labute approximate surface area is 127 Å². The molecule has 1 nitrogen and oxygen atoms in total. The Hall–Kier alpha value is -0.0200. The standard InChI is InChI=1S/C15H21Br2N/c1-15(2,3)12-6-7-18(10-12)14-8-13(17)5-4-11(14)9-16/h4-5,8,12H,6-7,9-10H2,1-3H3. The number of hydrogen-bond donors (Lipinski definition) is 0. The quantitative estimate of drug-likeness (QED) is 0.641. The molecular formula is C15H21Br2N. The molecule has 1 atom stereocenters. The molecule has 0 N–H and O–H groups in total. The minimum absolute atomic E-state index is 0.412. The van der Waals surface area contributed by atoms with Gasteiger partial charge in [0.1, 0.15) is 0 Å². The van der Waals surface area contributed by atoms with Gasteiger partial charge in [0, 0.05) is 28.6 Å². The van der Waals surface area contributed by atoms with Crippen LogP contribution in [0.25, 0.3) is 0 Å². The normalized spacial score (nSPS) is 20.5. The summed E-state index contributed by atoms with van der Waals surface area (Å²) in [4.78, 5) is 2.54. The third-order valence-corrected chi connectivity index (χ3v) is 5.04. The predicted octanol–water partition coefficient (Wildman–Crippen LogP) is 5.22. The highest BCUT2D eigenvalue weighted by molar-refractivity contribution is 9.10. The van der Waals surface area contributed by atoms with Crippen LogP contribution in [0.4, 0.5) is 5.69 Å². The van der Waals surface area contributed by atoms with Crippen LogP contribution in [0.15, 0.2) is 22.7 Å². The van der Waals surface area contributed by atoms with Crippen LogP contribution in [-0.4, -0.2) is 13.1 Å². The van der Waals surface area contributed by atoms with Crippen LogP contribution in [-0.2, 0) is 5.33 Å². The molecule has 0 spiro atoms. The predicted molar refractivity (Wildman–Crippen MR) is 86.5 cm³/mol. The Kier molecular flexibility index (Phi) is 4.43. The van der Waals surface area contributed by atoms with Crippen LogP contribution in [0.1, 0.15) is 32.8 Å². The molecular weight excluding hydrogens is 354 g/mol. The monoisotopic (exact) mass is 373 g/mol. The van der Waals surface area contributed by atoms with Crippen LogP contribution >= 0.6 is 31.9 Å². The van der Waals surface area contributed by atoms with Crippen LogP contribution in [0.2, 0.25) is 0 Å². The van der Waals surface area contributed by atoms with Crippen molar-refractivity contribution in [2.75, 3.05) is 18.0 Å². The second-order valence-corrected chi connectivity index (χ2v) is 7.68. The molecule has 100 valence electrons. The van der Waals surface area contributed by atoms with Crippen LogP contribution < -0.4 is 4.90 Å². The topological polar surface area (TPSA) is 3.24 Å². The van der Waals surface area contributed by atoms with Gasteiger partial charge in [0.15, 0.2) is 0 Å². The van der Waals surface area contributed by atoms with E-state index in [9.17, 15) is 0 Å². The summed E-state index contributed by atoms with van der Waals surface area (Å²) in [6, 6.07) is 6.58. The molecule has 0 amide bonds. The van der Waals surface area contributed by atoms with Crippen LogP contribution in [0.3, 0.4) is 0 Å². The first-order valence-electron chi connectivity index (χ1n) is 6.51. The lowest BCUT2D eigenvalue weighted by Gasteiger charge is -2.28. The van der Waals surface area contributed by atoms with Gasteiger partial charge < -0.3 is 4.90 Å². The molecule has 1 aliphatic heterocycles. The highest BCUT2D eigenvalue weighted by atomic mass is 79.9. The summed E-state index contributed by atoms with van der Waals surface area (Å²) in [5.41, 5.74) is 3.18. The van der Waals surface area contributed by atoms with Gasteiger partial charge in [-0.05, 0) is 35.4 Å². The molecule has 1 heterocycles. The lowest BCUT2D eigenvalue weighted by atomic mass is 9.80. The van der Waals surface area contributed by atoms with Crippen molar-refractivity contribution in [2.24, 2.45) is 11.3 Å². The van der Waals surface area contributed by atoms with Crippen molar-refractivity contribution >= 4 is 37.5 Å². The molecule has 1 saturated heterocycles. The summed E-state index contributed by atoms with van der Waals surface area (Å²) in [5, 5.41) is 0.923. The van der Waals surface area contributed by atoms with Gasteiger partial charge in [0.2, 0.25) is 0 Å². The average Bonchev–Trinajstić information content (AvgIpc) is 2.77. The number of hydrogen-bond acceptors (Lipinski definition) is 1. The van der Waals surface area contributed by atoms with Crippen molar-refractivity contribution in [1.29, 1.82) is 0 Å². The van der Waals surface area contributed by atoms with E-state index < -0.39 is 0 Å². The Morgan fingerprint density at radius 2 is 2.06 bits per heavy atom. The summed E-state index contributed by atoms with van der Waals surface area (Å²) in [6.45, 7) is 9.42. The van der Waals surface area contributed by atoms with Gasteiger partial charge >= 0.3 is 0 Å². The number of nitrogens with zero attached hydrogens (tertiary/aromatic N) is 1. The smallest absolute Gasteiger partial charge is 0.0418 e. The molecule has 1 aromatic carbocycles. The van der Waals surface area contributed by atoms with Gasteiger partial charge in [-0.1, -0.05) is 58.7 Å². The molecule has 0 aliphatic carbocycles. The first-order chi connectivity index (χ1) is 8.41. The summed E-state index contributed by atoms with van der Waals surface area (Å²) in [5.74, 6) is 0.791. The summed E-state index contributed by atoms with van der Waals surface area (Å²) in [6.07, 6.45) is 1.30. The van der Waals surface area contributed by atoms with Crippen LogP contribution in [0, 0.1) is 11.3 Å². The van der Waals surface area contributed by atoms with E-state index in [1.165, 1.54) is 35.2 Å². The number of alkyl halides is 1. The maximum atomic E-state index is 3.59. The number of halogens is 2. The average molecular weight is 375 g/mol. The third kappa shape index (κ3) is 3.11. The van der Waals surface area contributed by atoms with Gasteiger partial charge in [0.05, 0.1) is 0 Å². The minimum Gasteiger partial charge on any atom is -0.371 e.